The van der Waals surface area contributed by atoms with Gasteiger partial charge in [-0.05, 0) is 43.2 Å². The summed E-state index contributed by atoms with van der Waals surface area (Å²) in [5.41, 5.74) is 2.61. The van der Waals surface area contributed by atoms with E-state index in [1.54, 1.807) is 18.2 Å². The average Bonchev–Trinajstić information content (AvgIpc) is 2.50. The first kappa shape index (κ1) is 14.5. The molecule has 0 fully saturated rings. The summed E-state index contributed by atoms with van der Waals surface area (Å²) in [5, 5.41) is 8.94. The van der Waals surface area contributed by atoms with Crippen LogP contribution in [0.4, 0.5) is 0 Å². The van der Waals surface area contributed by atoms with E-state index in [-0.39, 0.29) is 0 Å². The lowest BCUT2D eigenvalue weighted by molar-refractivity contribution is 0.0600. The molecule has 1 heterocycles. The number of methoxy groups -OCH3 is 1. The smallest absolute Gasteiger partial charge is 0.338 e. The van der Waals surface area contributed by atoms with Gasteiger partial charge in [-0.3, -0.25) is 0 Å². The first-order valence-corrected chi connectivity index (χ1v) is 6.28. The monoisotopic (exact) mass is 282 g/mol. The van der Waals surface area contributed by atoms with Crippen LogP contribution in [0.2, 0.25) is 0 Å². The molecule has 0 saturated heterocycles. The Morgan fingerprint density at radius 1 is 1.24 bits per heavy atom. The number of nitrogens with zero attached hydrogens (tertiary/aromatic N) is 2. The van der Waals surface area contributed by atoms with Crippen LogP contribution >= 0.6 is 0 Å². The number of carbonyl (C=O) groups excluding carboxylic acids is 1. The van der Waals surface area contributed by atoms with Crippen LogP contribution < -0.4 is 4.74 Å². The second kappa shape index (κ2) is 6.06. The molecular formula is C16H14N2O3. The van der Waals surface area contributed by atoms with E-state index < -0.39 is 5.97 Å². The topological polar surface area (TPSA) is 72.2 Å². The third-order valence-electron chi connectivity index (χ3n) is 2.95. The average molecular weight is 282 g/mol. The van der Waals surface area contributed by atoms with E-state index in [9.17, 15) is 4.79 Å². The first-order chi connectivity index (χ1) is 10.0. The van der Waals surface area contributed by atoms with Crippen molar-refractivity contribution in [3.8, 4) is 17.7 Å². The number of aryl methyl sites for hydroxylation is 2. The van der Waals surface area contributed by atoms with E-state index in [1.165, 1.54) is 19.4 Å². The lowest BCUT2D eigenvalue weighted by Gasteiger charge is -2.11. The van der Waals surface area contributed by atoms with Gasteiger partial charge in [0.1, 0.15) is 5.75 Å². The van der Waals surface area contributed by atoms with E-state index in [1.807, 2.05) is 13.8 Å². The zero-order valence-corrected chi connectivity index (χ0v) is 12.0. The maximum absolute atomic E-state index is 11.5. The highest BCUT2D eigenvalue weighted by Crippen LogP contribution is 2.29. The lowest BCUT2D eigenvalue weighted by atomic mass is 10.1. The van der Waals surface area contributed by atoms with Crippen LogP contribution in [0.25, 0.3) is 0 Å². The van der Waals surface area contributed by atoms with Gasteiger partial charge in [0.15, 0.2) is 0 Å². The molecule has 0 unspecified atom stereocenters. The van der Waals surface area contributed by atoms with Crippen LogP contribution in [0.1, 0.15) is 27.0 Å². The molecular weight excluding hydrogens is 268 g/mol. The summed E-state index contributed by atoms with van der Waals surface area (Å²) in [5.74, 6) is 0.479. The molecule has 0 amide bonds. The summed E-state index contributed by atoms with van der Waals surface area (Å²) in [6, 6.07) is 8.65. The Morgan fingerprint density at radius 2 is 1.90 bits per heavy atom. The van der Waals surface area contributed by atoms with Crippen molar-refractivity contribution >= 4 is 5.97 Å². The summed E-state index contributed by atoms with van der Waals surface area (Å²) in [7, 11) is 1.32. The summed E-state index contributed by atoms with van der Waals surface area (Å²) in [6.07, 6.45) is 1.48. The number of hydrogen-bond donors (Lipinski definition) is 0. The molecule has 0 aliphatic carbocycles. The third-order valence-corrected chi connectivity index (χ3v) is 2.95. The molecule has 0 spiro atoms. The number of esters is 1. The molecule has 0 aliphatic heterocycles. The third kappa shape index (κ3) is 3.18. The molecule has 106 valence electrons. The van der Waals surface area contributed by atoms with Crippen molar-refractivity contribution < 1.29 is 14.3 Å². The summed E-state index contributed by atoms with van der Waals surface area (Å²) >= 11 is 0. The minimum Gasteiger partial charge on any atom is -0.465 e. The molecule has 0 aliphatic rings. The van der Waals surface area contributed by atoms with E-state index in [0.29, 0.717) is 22.8 Å². The van der Waals surface area contributed by atoms with E-state index in [0.717, 1.165) is 11.1 Å². The van der Waals surface area contributed by atoms with Crippen molar-refractivity contribution in [1.29, 1.82) is 5.26 Å². The predicted octanol–water partition coefficient (Wildman–Crippen LogP) is 3.15. The quantitative estimate of drug-likeness (QED) is 0.808. The van der Waals surface area contributed by atoms with E-state index in [4.69, 9.17) is 10.00 Å². The Kier molecular flexibility index (Phi) is 4.19. The van der Waals surface area contributed by atoms with Crippen molar-refractivity contribution in [3.05, 3.63) is 52.7 Å². The van der Waals surface area contributed by atoms with E-state index in [2.05, 4.69) is 15.8 Å². The van der Waals surface area contributed by atoms with Gasteiger partial charge in [0.2, 0.25) is 5.88 Å². The fourth-order valence-electron chi connectivity index (χ4n) is 1.99. The molecule has 21 heavy (non-hydrogen) atoms. The molecule has 5 heteroatoms. The molecule has 5 nitrogen and oxygen atoms in total. The highest BCUT2D eigenvalue weighted by atomic mass is 16.5. The molecule has 0 N–H and O–H groups in total. The maximum atomic E-state index is 11.5. The van der Waals surface area contributed by atoms with Gasteiger partial charge < -0.3 is 9.47 Å². The largest absolute Gasteiger partial charge is 0.465 e. The van der Waals surface area contributed by atoms with Crippen LogP contribution in [0.15, 0.2) is 30.5 Å². The Balaban J connectivity index is 2.35. The fraction of sp³-hybridized carbons (Fsp3) is 0.188. The number of pyridine rings is 1. The first-order valence-electron chi connectivity index (χ1n) is 6.28. The molecule has 1 aromatic carbocycles. The SMILES string of the molecule is COC(=O)c1ccnc(Oc2c(C)cc(C#N)cc2C)c1. The van der Waals surface area contributed by atoms with Crippen molar-refractivity contribution in [2.75, 3.05) is 7.11 Å². The lowest BCUT2D eigenvalue weighted by Crippen LogP contribution is -2.02. The number of rotatable bonds is 3. The standard InChI is InChI=1S/C16H14N2O3/c1-10-6-12(9-17)7-11(2)15(10)21-14-8-13(4-5-18-14)16(19)20-3/h4-8H,1-3H3. The van der Waals surface area contributed by atoms with Crippen molar-refractivity contribution in [1.82, 2.24) is 4.98 Å². The summed E-state index contributed by atoms with van der Waals surface area (Å²) < 4.78 is 10.4. The predicted molar refractivity (Wildman–Crippen MR) is 76.3 cm³/mol. The second-order valence-electron chi connectivity index (χ2n) is 4.53. The van der Waals surface area contributed by atoms with Gasteiger partial charge >= 0.3 is 5.97 Å². The van der Waals surface area contributed by atoms with Crippen LogP contribution in [0.3, 0.4) is 0 Å². The Bertz CT molecular complexity index is 710. The fourth-order valence-corrected chi connectivity index (χ4v) is 1.99. The Morgan fingerprint density at radius 3 is 2.48 bits per heavy atom. The van der Waals surface area contributed by atoms with Crippen molar-refractivity contribution in [2.45, 2.75) is 13.8 Å². The minimum absolute atomic E-state index is 0.300. The second-order valence-corrected chi connectivity index (χ2v) is 4.53. The van der Waals surface area contributed by atoms with Gasteiger partial charge in [0.25, 0.3) is 0 Å². The van der Waals surface area contributed by atoms with Gasteiger partial charge in [0.05, 0.1) is 24.3 Å². The maximum Gasteiger partial charge on any atom is 0.338 e. The molecule has 0 bridgehead atoms. The zero-order chi connectivity index (χ0) is 15.4. The summed E-state index contributed by atoms with van der Waals surface area (Å²) in [4.78, 5) is 15.6. The zero-order valence-electron chi connectivity index (χ0n) is 12.0. The Labute approximate surface area is 122 Å². The molecule has 0 saturated carbocycles. The van der Waals surface area contributed by atoms with Crippen LogP contribution in [-0.2, 0) is 4.74 Å². The van der Waals surface area contributed by atoms with Crippen LogP contribution in [0, 0.1) is 25.2 Å². The molecule has 0 atom stereocenters. The van der Waals surface area contributed by atoms with Crippen LogP contribution in [0.5, 0.6) is 11.6 Å². The molecule has 1 aromatic heterocycles. The van der Waals surface area contributed by atoms with Gasteiger partial charge in [-0.1, -0.05) is 0 Å². The van der Waals surface area contributed by atoms with Crippen molar-refractivity contribution in [3.63, 3.8) is 0 Å². The number of aromatic nitrogens is 1. The van der Waals surface area contributed by atoms with Gasteiger partial charge in [-0.25, -0.2) is 9.78 Å². The number of carbonyl (C=O) groups is 1. The number of benzene rings is 1. The van der Waals surface area contributed by atoms with Gasteiger partial charge in [-0.15, -0.1) is 0 Å². The molecule has 0 radical (unpaired) electrons. The minimum atomic E-state index is -0.449. The number of hydrogen-bond acceptors (Lipinski definition) is 5. The highest BCUT2D eigenvalue weighted by molar-refractivity contribution is 5.89. The normalized spacial score (nSPS) is 9.81. The van der Waals surface area contributed by atoms with Crippen molar-refractivity contribution in [2.24, 2.45) is 0 Å². The highest BCUT2D eigenvalue weighted by Gasteiger charge is 2.11. The van der Waals surface area contributed by atoms with Crippen LogP contribution in [-0.4, -0.2) is 18.1 Å². The summed E-state index contributed by atoms with van der Waals surface area (Å²) in [6.45, 7) is 3.71. The number of nitriles is 1. The number of ether oxygens (including phenoxy) is 2. The van der Waals surface area contributed by atoms with E-state index >= 15 is 0 Å². The van der Waals surface area contributed by atoms with Gasteiger partial charge in [-0.2, -0.15) is 5.26 Å². The Hall–Kier alpha value is -2.87. The van der Waals surface area contributed by atoms with Gasteiger partial charge in [0, 0.05) is 12.3 Å². The molecule has 2 aromatic rings. The molecule has 2 rings (SSSR count).